The number of nitrogens with zero attached hydrogens (tertiary/aromatic N) is 1. The summed E-state index contributed by atoms with van der Waals surface area (Å²) in [5, 5.41) is -1.17. The fourth-order valence-electron chi connectivity index (χ4n) is 3.41. The molecule has 2 aliphatic heterocycles. The summed E-state index contributed by atoms with van der Waals surface area (Å²) in [5.74, 6) is -2.90. The van der Waals surface area contributed by atoms with Crippen LogP contribution < -0.4 is 0 Å². The Morgan fingerprint density at radius 1 is 1.06 bits per heavy atom. The highest BCUT2D eigenvalue weighted by atomic mass is 32.2. The largest absolute Gasteiger partial charge is 0.508 e. The summed E-state index contributed by atoms with van der Waals surface area (Å²) in [7, 11) is 0. The third-order valence-electron chi connectivity index (χ3n) is 5.39. The first-order valence-electron chi connectivity index (χ1n) is 10.9. The number of hydrogen-bond donors (Lipinski definition) is 0. The standard InChI is InChI=1S/C24H27NO9S/c1-13-17(20(27)32-12-33-22(29)24(3,4)5)25-18(26)16(19(25)35-21(13)28)14(2)34-23(30)31-11-15-9-7-6-8-10-15/h6-10,14,16,19H,11-12H2,1-5H3/t14-,16+,19+/m1/s1. The van der Waals surface area contributed by atoms with Crippen molar-refractivity contribution in [3.05, 3.63) is 47.2 Å². The van der Waals surface area contributed by atoms with E-state index in [2.05, 4.69) is 0 Å². The minimum atomic E-state index is -0.967. The summed E-state index contributed by atoms with van der Waals surface area (Å²) in [6.45, 7) is 7.21. The van der Waals surface area contributed by atoms with Gasteiger partial charge in [0.25, 0.3) is 0 Å². The van der Waals surface area contributed by atoms with E-state index in [0.717, 1.165) is 22.2 Å². The summed E-state index contributed by atoms with van der Waals surface area (Å²) in [6.07, 6.45) is -1.86. The lowest BCUT2D eigenvalue weighted by atomic mass is 9.91. The molecule has 3 rings (SSSR count). The molecule has 10 nitrogen and oxygen atoms in total. The highest BCUT2D eigenvalue weighted by molar-refractivity contribution is 8.14. The van der Waals surface area contributed by atoms with Crippen LogP contribution in [0.4, 0.5) is 4.79 Å². The Bertz CT molecular complexity index is 1060. The summed E-state index contributed by atoms with van der Waals surface area (Å²) in [6, 6.07) is 9.01. The van der Waals surface area contributed by atoms with Crippen molar-refractivity contribution in [2.45, 2.75) is 52.7 Å². The van der Waals surface area contributed by atoms with E-state index < -0.39 is 58.7 Å². The maximum absolute atomic E-state index is 12.9. The van der Waals surface area contributed by atoms with Gasteiger partial charge in [0.1, 0.15) is 29.7 Å². The van der Waals surface area contributed by atoms with E-state index >= 15 is 0 Å². The third kappa shape index (κ3) is 5.84. The molecule has 0 radical (unpaired) electrons. The van der Waals surface area contributed by atoms with Gasteiger partial charge in [0.15, 0.2) is 0 Å². The van der Waals surface area contributed by atoms with Crippen molar-refractivity contribution >= 4 is 40.9 Å². The molecule has 1 fully saturated rings. The van der Waals surface area contributed by atoms with Crippen molar-refractivity contribution in [2.75, 3.05) is 6.79 Å². The zero-order valence-electron chi connectivity index (χ0n) is 20.1. The number of ether oxygens (including phenoxy) is 4. The first kappa shape index (κ1) is 26.3. The van der Waals surface area contributed by atoms with Crippen LogP contribution in [0, 0.1) is 11.3 Å². The molecule has 0 bridgehead atoms. The maximum atomic E-state index is 12.9. The monoisotopic (exact) mass is 505 g/mol. The van der Waals surface area contributed by atoms with Crippen LogP contribution in [-0.4, -0.2) is 52.3 Å². The second kappa shape index (κ2) is 10.5. The first-order valence-corrected chi connectivity index (χ1v) is 11.8. The van der Waals surface area contributed by atoms with Crippen molar-refractivity contribution in [1.29, 1.82) is 0 Å². The zero-order valence-corrected chi connectivity index (χ0v) is 20.9. The molecule has 11 heteroatoms. The SMILES string of the molecule is CC1=C(C(=O)OCOC(=O)C(C)(C)C)N2C(=O)[C@H]([C@@H](C)OC(=O)OCc3ccccc3)[C@@H]2SC1=O. The van der Waals surface area contributed by atoms with Gasteiger partial charge in [-0.05, 0) is 40.2 Å². The first-order chi connectivity index (χ1) is 16.4. The second-order valence-electron chi connectivity index (χ2n) is 9.08. The molecule has 1 aromatic rings. The molecule has 0 aromatic heterocycles. The number of hydrogen-bond acceptors (Lipinski definition) is 10. The predicted molar refractivity (Wildman–Crippen MR) is 123 cm³/mol. The third-order valence-corrected chi connectivity index (χ3v) is 6.65. The van der Waals surface area contributed by atoms with Gasteiger partial charge in [0.05, 0.1) is 5.41 Å². The molecule has 1 saturated heterocycles. The predicted octanol–water partition coefficient (Wildman–Crippen LogP) is 3.15. The summed E-state index contributed by atoms with van der Waals surface area (Å²) < 4.78 is 20.3. The fraction of sp³-hybridized carbons (Fsp3) is 0.458. The molecule has 0 aliphatic carbocycles. The zero-order chi connectivity index (χ0) is 25.9. The van der Waals surface area contributed by atoms with Crippen LogP contribution in [0.5, 0.6) is 0 Å². The van der Waals surface area contributed by atoms with Gasteiger partial charge in [0, 0.05) is 5.57 Å². The van der Waals surface area contributed by atoms with E-state index in [1.807, 2.05) is 6.07 Å². The lowest BCUT2D eigenvalue weighted by Gasteiger charge is -2.50. The Balaban J connectivity index is 1.60. The number of benzene rings is 1. The average molecular weight is 506 g/mol. The lowest BCUT2D eigenvalue weighted by Crippen LogP contribution is -2.65. The van der Waals surface area contributed by atoms with Crippen LogP contribution >= 0.6 is 11.8 Å². The van der Waals surface area contributed by atoms with Gasteiger partial charge in [-0.15, -0.1) is 0 Å². The number of carbonyl (C=O) groups is 5. The van der Waals surface area contributed by atoms with E-state index in [4.69, 9.17) is 18.9 Å². The van der Waals surface area contributed by atoms with Crippen molar-refractivity contribution in [3.63, 3.8) is 0 Å². The Kier molecular flexibility index (Phi) is 7.89. The Morgan fingerprint density at radius 2 is 1.71 bits per heavy atom. The number of amides is 1. The van der Waals surface area contributed by atoms with Crippen LogP contribution in [0.1, 0.15) is 40.2 Å². The molecule has 188 valence electrons. The molecule has 3 atom stereocenters. The van der Waals surface area contributed by atoms with E-state index in [1.165, 1.54) is 13.8 Å². The fourth-order valence-corrected chi connectivity index (χ4v) is 4.70. The average Bonchev–Trinajstić information content (AvgIpc) is 2.79. The number of β-lactam (4-membered cyclic amide) rings is 1. The van der Waals surface area contributed by atoms with Crippen LogP contribution in [0.25, 0.3) is 0 Å². The van der Waals surface area contributed by atoms with E-state index in [-0.39, 0.29) is 17.9 Å². The minimum Gasteiger partial charge on any atom is -0.430 e. The molecular formula is C24H27NO9S. The highest BCUT2D eigenvalue weighted by Crippen LogP contribution is 2.46. The van der Waals surface area contributed by atoms with Crippen LogP contribution in [-0.2, 0) is 44.7 Å². The van der Waals surface area contributed by atoms with Crippen molar-refractivity contribution in [1.82, 2.24) is 4.90 Å². The minimum absolute atomic E-state index is 0.00546. The van der Waals surface area contributed by atoms with Crippen molar-refractivity contribution in [3.8, 4) is 0 Å². The van der Waals surface area contributed by atoms with Gasteiger partial charge in [-0.25, -0.2) is 9.59 Å². The van der Waals surface area contributed by atoms with Crippen LogP contribution in [0.2, 0.25) is 0 Å². The topological polar surface area (TPSA) is 126 Å². The molecule has 0 N–H and O–H groups in total. The van der Waals surface area contributed by atoms with Gasteiger partial charge in [-0.1, -0.05) is 42.1 Å². The van der Waals surface area contributed by atoms with Gasteiger partial charge < -0.3 is 18.9 Å². The smallest absolute Gasteiger partial charge is 0.430 e. The molecule has 2 heterocycles. The van der Waals surface area contributed by atoms with Gasteiger partial charge in [0.2, 0.25) is 17.8 Å². The number of esters is 2. The molecule has 35 heavy (non-hydrogen) atoms. The van der Waals surface area contributed by atoms with Crippen molar-refractivity contribution < 1.29 is 42.9 Å². The molecule has 1 amide bonds. The Hall–Kier alpha value is -3.34. The number of fused-ring (bicyclic) bond motifs is 1. The van der Waals surface area contributed by atoms with Crippen LogP contribution in [0.3, 0.4) is 0 Å². The Labute approximate surface area is 206 Å². The molecule has 2 aliphatic rings. The molecule has 0 saturated carbocycles. The van der Waals surface area contributed by atoms with Crippen molar-refractivity contribution in [2.24, 2.45) is 11.3 Å². The molecule has 1 aromatic carbocycles. The summed E-state index contributed by atoms with van der Waals surface area (Å²) in [5.41, 5.74) is -0.191. The molecule has 0 spiro atoms. The summed E-state index contributed by atoms with van der Waals surface area (Å²) >= 11 is 0.858. The number of thioether (sulfide) groups is 1. The van der Waals surface area contributed by atoms with Crippen LogP contribution in [0.15, 0.2) is 41.6 Å². The number of carbonyl (C=O) groups excluding carboxylic acids is 5. The van der Waals surface area contributed by atoms with Gasteiger partial charge >= 0.3 is 18.1 Å². The van der Waals surface area contributed by atoms with E-state index in [0.29, 0.717) is 0 Å². The van der Waals surface area contributed by atoms with Gasteiger partial charge in [-0.3, -0.25) is 19.3 Å². The quantitative estimate of drug-likeness (QED) is 0.310. The molecule has 0 unspecified atom stereocenters. The second-order valence-corrected chi connectivity index (χ2v) is 10.2. The summed E-state index contributed by atoms with van der Waals surface area (Å²) in [4.78, 5) is 63.2. The lowest BCUT2D eigenvalue weighted by molar-refractivity contribution is -0.175. The van der Waals surface area contributed by atoms with E-state index in [9.17, 15) is 24.0 Å². The normalized spacial score (nSPS) is 20.4. The highest BCUT2D eigenvalue weighted by Gasteiger charge is 2.58. The number of rotatable bonds is 7. The van der Waals surface area contributed by atoms with E-state index in [1.54, 1.807) is 45.0 Å². The van der Waals surface area contributed by atoms with Gasteiger partial charge in [-0.2, -0.15) is 0 Å². The Morgan fingerprint density at radius 3 is 2.34 bits per heavy atom. The molecular weight excluding hydrogens is 478 g/mol. The maximum Gasteiger partial charge on any atom is 0.508 e.